The average Bonchev–Trinajstić information content (AvgIpc) is 3.24. The quantitative estimate of drug-likeness (QED) is 0.504. The van der Waals surface area contributed by atoms with Crippen LogP contribution in [-0.2, 0) is 0 Å². The van der Waals surface area contributed by atoms with Crippen LogP contribution in [0.1, 0.15) is 11.1 Å². The molecule has 1 N–H and O–H groups in total. The molecule has 4 aromatic rings. The molecule has 0 spiro atoms. The SMILES string of the molecule is Cc1ccc(-c2n[nH]c(=S)n2-c2cccc3c2ccn3C(=O)N(C)C)c(C)c1. The van der Waals surface area contributed by atoms with Crippen LogP contribution < -0.4 is 0 Å². The Morgan fingerprint density at radius 2 is 1.93 bits per heavy atom. The number of hydrogen-bond donors (Lipinski definition) is 1. The molecule has 2 aromatic heterocycles. The predicted octanol–water partition coefficient (Wildman–Crippen LogP) is 4.70. The second kappa shape index (κ2) is 6.76. The van der Waals surface area contributed by atoms with Gasteiger partial charge >= 0.3 is 6.03 Å². The molecule has 0 aliphatic carbocycles. The fourth-order valence-corrected chi connectivity index (χ4v) is 3.72. The molecule has 0 saturated heterocycles. The normalized spacial score (nSPS) is 11.1. The van der Waals surface area contributed by atoms with Crippen LogP contribution in [0.3, 0.4) is 0 Å². The average molecular weight is 392 g/mol. The molecule has 2 aromatic carbocycles. The van der Waals surface area contributed by atoms with Crippen molar-refractivity contribution in [2.75, 3.05) is 14.1 Å². The first-order chi connectivity index (χ1) is 13.4. The number of fused-ring (bicyclic) bond motifs is 1. The third kappa shape index (κ3) is 2.84. The van der Waals surface area contributed by atoms with Crippen LogP contribution in [0.4, 0.5) is 4.79 Å². The zero-order valence-electron chi connectivity index (χ0n) is 16.2. The maximum atomic E-state index is 12.5. The van der Waals surface area contributed by atoms with E-state index in [2.05, 4.69) is 42.2 Å². The highest BCUT2D eigenvalue weighted by Gasteiger charge is 2.17. The van der Waals surface area contributed by atoms with Crippen molar-refractivity contribution in [1.82, 2.24) is 24.2 Å². The number of H-pyrrole nitrogens is 1. The van der Waals surface area contributed by atoms with Crippen molar-refractivity contribution in [1.29, 1.82) is 0 Å². The zero-order valence-corrected chi connectivity index (χ0v) is 17.0. The number of nitrogens with zero attached hydrogens (tertiary/aromatic N) is 4. The number of hydrogen-bond acceptors (Lipinski definition) is 3. The van der Waals surface area contributed by atoms with Crippen LogP contribution in [0.25, 0.3) is 28.0 Å². The zero-order chi connectivity index (χ0) is 20.0. The Labute approximate surface area is 168 Å². The van der Waals surface area contributed by atoms with Gasteiger partial charge in [-0.15, -0.1) is 0 Å². The second-order valence-electron chi connectivity index (χ2n) is 7.08. The van der Waals surface area contributed by atoms with E-state index in [0.29, 0.717) is 4.77 Å². The second-order valence-corrected chi connectivity index (χ2v) is 7.47. The lowest BCUT2D eigenvalue weighted by Crippen LogP contribution is -2.26. The lowest BCUT2D eigenvalue weighted by Gasteiger charge is -2.13. The van der Waals surface area contributed by atoms with E-state index >= 15 is 0 Å². The molecule has 28 heavy (non-hydrogen) atoms. The number of carbonyl (C=O) groups excluding carboxylic acids is 1. The molecule has 0 fully saturated rings. The number of aromatic nitrogens is 4. The summed E-state index contributed by atoms with van der Waals surface area (Å²) < 4.78 is 4.08. The molecule has 142 valence electrons. The van der Waals surface area contributed by atoms with Crippen molar-refractivity contribution in [3.8, 4) is 17.1 Å². The molecule has 0 bridgehead atoms. The first-order valence-corrected chi connectivity index (χ1v) is 9.36. The summed E-state index contributed by atoms with van der Waals surface area (Å²) in [7, 11) is 3.48. The Morgan fingerprint density at radius 1 is 1.14 bits per heavy atom. The minimum Gasteiger partial charge on any atom is -0.330 e. The molecule has 4 rings (SSSR count). The van der Waals surface area contributed by atoms with Crippen molar-refractivity contribution >= 4 is 29.2 Å². The summed E-state index contributed by atoms with van der Waals surface area (Å²) in [5, 5.41) is 8.35. The maximum Gasteiger partial charge on any atom is 0.328 e. The number of benzene rings is 2. The minimum absolute atomic E-state index is 0.0995. The monoisotopic (exact) mass is 391 g/mol. The molecule has 0 saturated carbocycles. The molecular formula is C21H21N5OS. The number of aryl methyl sites for hydroxylation is 2. The van der Waals surface area contributed by atoms with E-state index < -0.39 is 0 Å². The number of nitrogens with one attached hydrogen (secondary N) is 1. The van der Waals surface area contributed by atoms with E-state index in [-0.39, 0.29) is 6.03 Å². The van der Waals surface area contributed by atoms with Gasteiger partial charge in [0.15, 0.2) is 10.6 Å². The summed E-state index contributed by atoms with van der Waals surface area (Å²) in [4.78, 5) is 14.0. The molecular weight excluding hydrogens is 370 g/mol. The van der Waals surface area contributed by atoms with E-state index in [0.717, 1.165) is 33.5 Å². The van der Waals surface area contributed by atoms with Crippen molar-refractivity contribution < 1.29 is 4.79 Å². The van der Waals surface area contributed by atoms with Gasteiger partial charge in [0.25, 0.3) is 0 Å². The van der Waals surface area contributed by atoms with Gasteiger partial charge < -0.3 is 4.90 Å². The predicted molar refractivity (Wildman–Crippen MR) is 114 cm³/mol. The largest absolute Gasteiger partial charge is 0.330 e. The van der Waals surface area contributed by atoms with Gasteiger partial charge in [0.1, 0.15) is 0 Å². The number of aromatic amines is 1. The molecule has 0 unspecified atom stereocenters. The van der Waals surface area contributed by atoms with Crippen LogP contribution in [0.2, 0.25) is 0 Å². The summed E-state index contributed by atoms with van der Waals surface area (Å²) in [6, 6.07) is 13.9. The van der Waals surface area contributed by atoms with Crippen molar-refractivity contribution in [2.45, 2.75) is 13.8 Å². The Balaban J connectivity index is 1.97. The topological polar surface area (TPSA) is 58.9 Å². The summed E-state index contributed by atoms with van der Waals surface area (Å²) in [5.74, 6) is 0.752. The lowest BCUT2D eigenvalue weighted by atomic mass is 10.0. The highest BCUT2D eigenvalue weighted by molar-refractivity contribution is 7.71. The van der Waals surface area contributed by atoms with Gasteiger partial charge in [-0.1, -0.05) is 29.8 Å². The lowest BCUT2D eigenvalue weighted by molar-refractivity contribution is 0.220. The molecule has 6 nitrogen and oxygen atoms in total. The van der Waals surface area contributed by atoms with E-state index in [9.17, 15) is 4.79 Å². The van der Waals surface area contributed by atoms with Gasteiger partial charge in [-0.3, -0.25) is 14.2 Å². The Bertz CT molecular complexity index is 1260. The van der Waals surface area contributed by atoms with Crippen molar-refractivity contribution in [3.63, 3.8) is 0 Å². The maximum absolute atomic E-state index is 12.5. The van der Waals surface area contributed by atoms with Gasteiger partial charge in [-0.25, -0.2) is 4.79 Å². The fourth-order valence-electron chi connectivity index (χ4n) is 3.49. The molecule has 7 heteroatoms. The van der Waals surface area contributed by atoms with Gasteiger partial charge in [0.05, 0.1) is 11.2 Å². The summed E-state index contributed by atoms with van der Waals surface area (Å²) in [6.07, 6.45) is 1.79. The van der Waals surface area contributed by atoms with E-state index in [4.69, 9.17) is 12.2 Å². The van der Waals surface area contributed by atoms with Gasteiger partial charge in [-0.2, -0.15) is 5.10 Å². The first kappa shape index (κ1) is 18.2. The number of carbonyl (C=O) groups is 1. The molecule has 0 aliphatic heterocycles. The Kier molecular flexibility index (Phi) is 4.39. The highest BCUT2D eigenvalue weighted by Crippen LogP contribution is 2.30. The van der Waals surface area contributed by atoms with Crippen LogP contribution in [0.5, 0.6) is 0 Å². The minimum atomic E-state index is -0.0995. The van der Waals surface area contributed by atoms with E-state index in [1.807, 2.05) is 28.8 Å². The Hall–Kier alpha value is -3.19. The van der Waals surface area contributed by atoms with Crippen molar-refractivity contribution in [2.24, 2.45) is 0 Å². The van der Waals surface area contributed by atoms with Gasteiger partial charge in [0, 0.05) is 31.2 Å². The molecule has 1 amide bonds. The first-order valence-electron chi connectivity index (χ1n) is 8.95. The Morgan fingerprint density at radius 3 is 2.64 bits per heavy atom. The molecule has 0 aliphatic rings. The summed E-state index contributed by atoms with van der Waals surface area (Å²) in [6.45, 7) is 4.14. The standard InChI is InChI=1S/C21H21N5OS/c1-13-8-9-15(14(2)12-13)19-22-23-20(28)26(19)18-7-5-6-17-16(18)10-11-25(17)21(27)24(3)4/h5-12H,1-4H3,(H,23,28). The van der Waals surface area contributed by atoms with E-state index in [1.54, 1.807) is 29.8 Å². The molecule has 2 heterocycles. The van der Waals surface area contributed by atoms with Gasteiger partial charge in [0.2, 0.25) is 0 Å². The van der Waals surface area contributed by atoms with Crippen LogP contribution >= 0.6 is 12.2 Å². The van der Waals surface area contributed by atoms with Crippen molar-refractivity contribution in [3.05, 3.63) is 64.6 Å². The molecule has 0 radical (unpaired) electrons. The third-order valence-electron chi connectivity index (χ3n) is 4.83. The number of amides is 1. The van der Waals surface area contributed by atoms with Crippen LogP contribution in [0.15, 0.2) is 48.7 Å². The smallest absolute Gasteiger partial charge is 0.328 e. The van der Waals surface area contributed by atoms with Crippen LogP contribution in [0, 0.1) is 18.6 Å². The third-order valence-corrected chi connectivity index (χ3v) is 5.11. The molecule has 0 atom stereocenters. The van der Waals surface area contributed by atoms with Crippen LogP contribution in [-0.4, -0.2) is 44.4 Å². The van der Waals surface area contributed by atoms with E-state index in [1.165, 1.54) is 5.56 Å². The number of rotatable bonds is 2. The summed E-state index contributed by atoms with van der Waals surface area (Å²) >= 11 is 5.55. The highest BCUT2D eigenvalue weighted by atomic mass is 32.1. The fraction of sp³-hybridized carbons (Fsp3) is 0.190. The van der Waals surface area contributed by atoms with Gasteiger partial charge in [-0.05, 0) is 49.8 Å². The summed E-state index contributed by atoms with van der Waals surface area (Å²) in [5.41, 5.74) is 5.05.